The van der Waals surface area contributed by atoms with E-state index in [2.05, 4.69) is 48.4 Å². The maximum atomic E-state index is 12.4. The minimum Gasteiger partial charge on any atom is -0.380 e. The predicted octanol–water partition coefficient (Wildman–Crippen LogP) is 4.91. The SMILES string of the molecule is Cc1cc2cc(CNc3cccc4ccccc34)c(=O)[nH]c2cc1C. The van der Waals surface area contributed by atoms with Gasteiger partial charge in [-0.3, -0.25) is 4.79 Å². The highest BCUT2D eigenvalue weighted by atomic mass is 16.1. The van der Waals surface area contributed by atoms with E-state index in [1.807, 2.05) is 36.4 Å². The minimum absolute atomic E-state index is 0.0384. The second kappa shape index (κ2) is 6.10. The van der Waals surface area contributed by atoms with E-state index < -0.39 is 0 Å². The normalized spacial score (nSPS) is 11.1. The summed E-state index contributed by atoms with van der Waals surface area (Å²) in [6, 6.07) is 20.6. The highest BCUT2D eigenvalue weighted by molar-refractivity contribution is 5.93. The van der Waals surface area contributed by atoms with Crippen molar-refractivity contribution in [3.05, 3.63) is 87.7 Å². The van der Waals surface area contributed by atoms with Crippen LogP contribution in [0.1, 0.15) is 16.7 Å². The number of fused-ring (bicyclic) bond motifs is 2. The molecule has 0 radical (unpaired) electrons. The molecule has 0 bridgehead atoms. The van der Waals surface area contributed by atoms with Crippen LogP contribution in [-0.2, 0) is 6.54 Å². The Bertz CT molecular complexity index is 1140. The summed E-state index contributed by atoms with van der Waals surface area (Å²) in [5.74, 6) is 0. The van der Waals surface area contributed by atoms with Gasteiger partial charge < -0.3 is 10.3 Å². The molecule has 0 saturated heterocycles. The van der Waals surface area contributed by atoms with Crippen LogP contribution in [0.5, 0.6) is 0 Å². The molecule has 1 aromatic heterocycles. The molecular formula is C22H20N2O. The Balaban J connectivity index is 1.69. The molecule has 0 atom stereocenters. The summed E-state index contributed by atoms with van der Waals surface area (Å²) in [5, 5.41) is 6.83. The Morgan fingerprint density at radius 1 is 0.880 bits per heavy atom. The van der Waals surface area contributed by atoms with Crippen LogP contribution < -0.4 is 10.9 Å². The molecule has 3 nitrogen and oxygen atoms in total. The average Bonchev–Trinajstić information content (AvgIpc) is 2.61. The number of H-pyrrole nitrogens is 1. The number of benzene rings is 3. The molecule has 2 N–H and O–H groups in total. The number of hydrogen-bond donors (Lipinski definition) is 2. The lowest BCUT2D eigenvalue weighted by molar-refractivity contribution is 1.09. The summed E-state index contributed by atoms with van der Waals surface area (Å²) in [5.41, 5.74) is 5.05. The number of aromatic nitrogens is 1. The molecule has 3 heteroatoms. The molecule has 0 amide bonds. The average molecular weight is 328 g/mol. The van der Waals surface area contributed by atoms with Crippen LogP contribution in [0.3, 0.4) is 0 Å². The summed E-state index contributed by atoms with van der Waals surface area (Å²) >= 11 is 0. The molecule has 0 fully saturated rings. The van der Waals surface area contributed by atoms with E-state index in [-0.39, 0.29) is 5.56 Å². The number of aromatic amines is 1. The third-order valence-electron chi connectivity index (χ3n) is 4.79. The van der Waals surface area contributed by atoms with E-state index in [1.54, 1.807) is 0 Å². The smallest absolute Gasteiger partial charge is 0.253 e. The largest absolute Gasteiger partial charge is 0.380 e. The Labute approximate surface area is 146 Å². The lowest BCUT2D eigenvalue weighted by atomic mass is 10.0. The summed E-state index contributed by atoms with van der Waals surface area (Å²) in [6.45, 7) is 4.64. The first-order valence-electron chi connectivity index (χ1n) is 8.46. The van der Waals surface area contributed by atoms with E-state index in [0.717, 1.165) is 27.5 Å². The quantitative estimate of drug-likeness (QED) is 0.561. The molecule has 3 aromatic carbocycles. The van der Waals surface area contributed by atoms with Gasteiger partial charge in [0.25, 0.3) is 5.56 Å². The number of nitrogens with one attached hydrogen (secondary N) is 2. The molecule has 0 aliphatic rings. The van der Waals surface area contributed by atoms with E-state index in [1.165, 1.54) is 16.5 Å². The molecule has 0 aliphatic heterocycles. The van der Waals surface area contributed by atoms with Gasteiger partial charge in [-0.2, -0.15) is 0 Å². The van der Waals surface area contributed by atoms with Crippen molar-refractivity contribution in [2.45, 2.75) is 20.4 Å². The molecule has 4 aromatic rings. The Morgan fingerprint density at radius 3 is 2.52 bits per heavy atom. The van der Waals surface area contributed by atoms with Gasteiger partial charge in [-0.15, -0.1) is 0 Å². The topological polar surface area (TPSA) is 44.9 Å². The van der Waals surface area contributed by atoms with Crippen LogP contribution in [0.2, 0.25) is 0 Å². The maximum absolute atomic E-state index is 12.4. The van der Waals surface area contributed by atoms with E-state index in [9.17, 15) is 4.79 Å². The fourth-order valence-corrected chi connectivity index (χ4v) is 3.22. The summed E-state index contributed by atoms with van der Waals surface area (Å²) in [6.07, 6.45) is 0. The second-order valence-corrected chi connectivity index (χ2v) is 6.53. The van der Waals surface area contributed by atoms with Gasteiger partial charge in [0.2, 0.25) is 0 Å². The van der Waals surface area contributed by atoms with Gasteiger partial charge in [0.1, 0.15) is 0 Å². The summed E-state index contributed by atoms with van der Waals surface area (Å²) in [4.78, 5) is 15.4. The molecule has 0 unspecified atom stereocenters. The highest BCUT2D eigenvalue weighted by Gasteiger charge is 2.06. The number of pyridine rings is 1. The van der Waals surface area contributed by atoms with Crippen molar-refractivity contribution in [1.29, 1.82) is 0 Å². The lowest BCUT2D eigenvalue weighted by Gasteiger charge is -2.11. The number of hydrogen-bond acceptors (Lipinski definition) is 2. The number of anilines is 1. The van der Waals surface area contributed by atoms with E-state index >= 15 is 0 Å². The first-order chi connectivity index (χ1) is 12.1. The Morgan fingerprint density at radius 2 is 1.64 bits per heavy atom. The fraction of sp³-hybridized carbons (Fsp3) is 0.136. The monoisotopic (exact) mass is 328 g/mol. The number of aryl methyl sites for hydroxylation is 2. The van der Waals surface area contributed by atoms with Crippen molar-refractivity contribution >= 4 is 27.4 Å². The molecule has 4 rings (SSSR count). The van der Waals surface area contributed by atoms with Gasteiger partial charge in [0, 0.05) is 28.7 Å². The van der Waals surface area contributed by atoms with Gasteiger partial charge in [0.05, 0.1) is 0 Å². The van der Waals surface area contributed by atoms with Gasteiger partial charge >= 0.3 is 0 Å². The van der Waals surface area contributed by atoms with Crippen molar-refractivity contribution in [3.8, 4) is 0 Å². The van der Waals surface area contributed by atoms with Crippen molar-refractivity contribution < 1.29 is 0 Å². The van der Waals surface area contributed by atoms with Crippen molar-refractivity contribution in [3.63, 3.8) is 0 Å². The lowest BCUT2D eigenvalue weighted by Crippen LogP contribution is -2.15. The van der Waals surface area contributed by atoms with Crippen molar-refractivity contribution in [2.75, 3.05) is 5.32 Å². The van der Waals surface area contributed by atoms with Crippen LogP contribution in [-0.4, -0.2) is 4.98 Å². The molecule has 25 heavy (non-hydrogen) atoms. The fourth-order valence-electron chi connectivity index (χ4n) is 3.22. The van der Waals surface area contributed by atoms with E-state index in [4.69, 9.17) is 0 Å². The van der Waals surface area contributed by atoms with Crippen LogP contribution >= 0.6 is 0 Å². The summed E-state index contributed by atoms with van der Waals surface area (Å²) in [7, 11) is 0. The second-order valence-electron chi connectivity index (χ2n) is 6.53. The maximum Gasteiger partial charge on any atom is 0.253 e. The van der Waals surface area contributed by atoms with Crippen LogP contribution in [0.25, 0.3) is 21.7 Å². The predicted molar refractivity (Wildman–Crippen MR) is 105 cm³/mol. The first-order valence-corrected chi connectivity index (χ1v) is 8.46. The Kier molecular flexibility index (Phi) is 3.77. The zero-order valence-corrected chi connectivity index (χ0v) is 14.4. The molecular weight excluding hydrogens is 308 g/mol. The molecule has 0 spiro atoms. The zero-order chi connectivity index (χ0) is 17.4. The summed E-state index contributed by atoms with van der Waals surface area (Å²) < 4.78 is 0. The standard InChI is InChI=1S/C22H20N2O/c1-14-10-17-12-18(22(25)24-21(17)11-15(14)2)13-23-20-9-5-7-16-6-3-4-8-19(16)20/h3-12,23H,13H2,1-2H3,(H,24,25). The molecule has 1 heterocycles. The van der Waals surface area contributed by atoms with Gasteiger partial charge in [-0.05, 0) is 60.0 Å². The van der Waals surface area contributed by atoms with Crippen LogP contribution in [0.4, 0.5) is 5.69 Å². The van der Waals surface area contributed by atoms with Gasteiger partial charge in [0.15, 0.2) is 0 Å². The minimum atomic E-state index is -0.0384. The molecule has 0 saturated carbocycles. The molecule has 124 valence electrons. The molecule has 0 aliphatic carbocycles. The third kappa shape index (κ3) is 2.89. The van der Waals surface area contributed by atoms with Crippen LogP contribution in [0.15, 0.2) is 65.5 Å². The van der Waals surface area contributed by atoms with Crippen LogP contribution in [0, 0.1) is 13.8 Å². The highest BCUT2D eigenvalue weighted by Crippen LogP contribution is 2.23. The van der Waals surface area contributed by atoms with E-state index in [0.29, 0.717) is 6.54 Å². The Hall–Kier alpha value is -3.07. The zero-order valence-electron chi connectivity index (χ0n) is 14.4. The van der Waals surface area contributed by atoms with Crippen molar-refractivity contribution in [2.24, 2.45) is 0 Å². The first kappa shape index (κ1) is 15.5. The van der Waals surface area contributed by atoms with Gasteiger partial charge in [-0.1, -0.05) is 36.4 Å². The van der Waals surface area contributed by atoms with Crippen molar-refractivity contribution in [1.82, 2.24) is 4.98 Å². The number of rotatable bonds is 3. The third-order valence-corrected chi connectivity index (χ3v) is 4.79. The van der Waals surface area contributed by atoms with Gasteiger partial charge in [-0.25, -0.2) is 0 Å².